The molecular weight excluding hydrogens is 430 g/mol. The summed E-state index contributed by atoms with van der Waals surface area (Å²) in [6.07, 6.45) is 5.66. The van der Waals surface area contributed by atoms with Gasteiger partial charge in [-0.1, -0.05) is 29.8 Å². The summed E-state index contributed by atoms with van der Waals surface area (Å²) in [6, 6.07) is 10.2. The van der Waals surface area contributed by atoms with Crippen molar-refractivity contribution < 1.29 is 13.2 Å². The smallest absolute Gasteiger partial charge is 0.270 e. The average molecular weight is 462 g/mol. The van der Waals surface area contributed by atoms with E-state index >= 15 is 0 Å². The van der Waals surface area contributed by atoms with Gasteiger partial charge in [0, 0.05) is 43.9 Å². The third-order valence-electron chi connectivity index (χ3n) is 6.36. The maximum Gasteiger partial charge on any atom is 0.270 e. The van der Waals surface area contributed by atoms with Crippen LogP contribution in [0.2, 0.25) is 0 Å². The highest BCUT2D eigenvalue weighted by Crippen LogP contribution is 2.25. The second kappa shape index (κ2) is 9.79. The number of hydrogen-bond donors (Lipinski definition) is 1. The minimum absolute atomic E-state index is 0.104. The second-order valence-electron chi connectivity index (χ2n) is 8.53. The van der Waals surface area contributed by atoms with Crippen molar-refractivity contribution >= 4 is 27.7 Å². The van der Waals surface area contributed by atoms with Gasteiger partial charge in [0.1, 0.15) is 10.6 Å². The number of sulfonamides is 1. The highest BCUT2D eigenvalue weighted by atomic mass is 32.2. The van der Waals surface area contributed by atoms with Crippen molar-refractivity contribution in [1.29, 1.82) is 0 Å². The first kappa shape index (κ1) is 22.4. The van der Waals surface area contributed by atoms with Crippen LogP contribution in [0.4, 0.5) is 0 Å². The molecule has 1 amide bonds. The van der Waals surface area contributed by atoms with E-state index in [9.17, 15) is 13.2 Å². The molecule has 168 valence electrons. The van der Waals surface area contributed by atoms with Crippen molar-refractivity contribution in [3.8, 4) is 0 Å². The molecule has 1 N–H and O–H groups in total. The first-order valence-corrected chi connectivity index (χ1v) is 13.6. The quantitative estimate of drug-likeness (QED) is 0.714. The Labute approximate surface area is 189 Å². The lowest BCUT2D eigenvalue weighted by molar-refractivity contribution is 0.0681. The highest BCUT2D eigenvalue weighted by molar-refractivity contribution is 7.99. The fourth-order valence-corrected chi connectivity index (χ4v) is 6.87. The third-order valence-corrected chi connectivity index (χ3v) is 9.18. The Bertz CT molecular complexity index is 987. The zero-order valence-electron chi connectivity index (χ0n) is 18.0. The van der Waals surface area contributed by atoms with E-state index in [1.807, 2.05) is 4.90 Å². The van der Waals surface area contributed by atoms with Gasteiger partial charge in [0.05, 0.1) is 0 Å². The zero-order chi connectivity index (χ0) is 21.8. The Morgan fingerprint density at radius 2 is 1.77 bits per heavy atom. The van der Waals surface area contributed by atoms with Crippen LogP contribution in [0.3, 0.4) is 0 Å². The zero-order valence-corrected chi connectivity index (χ0v) is 19.7. The summed E-state index contributed by atoms with van der Waals surface area (Å²) < 4.78 is 27.2. The molecule has 3 heterocycles. The van der Waals surface area contributed by atoms with Gasteiger partial charge in [-0.25, -0.2) is 8.42 Å². The normalized spacial score (nSPS) is 18.9. The lowest BCUT2D eigenvalue weighted by atomic mass is 9.90. The van der Waals surface area contributed by atoms with Gasteiger partial charge in [-0.2, -0.15) is 16.1 Å². The molecule has 0 spiro atoms. The molecule has 2 aliphatic heterocycles. The first-order chi connectivity index (χ1) is 14.9. The molecule has 0 bridgehead atoms. The van der Waals surface area contributed by atoms with Gasteiger partial charge in [0.2, 0.25) is 10.0 Å². The Hall–Kier alpha value is -1.77. The molecule has 6 nitrogen and oxygen atoms in total. The van der Waals surface area contributed by atoms with E-state index in [0.717, 1.165) is 50.3 Å². The number of nitrogens with zero attached hydrogens (tertiary/aromatic N) is 2. The van der Waals surface area contributed by atoms with Crippen LogP contribution in [-0.4, -0.2) is 66.2 Å². The number of thioether (sulfide) groups is 1. The van der Waals surface area contributed by atoms with Crippen LogP contribution in [0.5, 0.6) is 0 Å². The van der Waals surface area contributed by atoms with Gasteiger partial charge in [0.25, 0.3) is 5.91 Å². The Kier molecular flexibility index (Phi) is 7.08. The number of hydrogen-bond acceptors (Lipinski definition) is 4. The summed E-state index contributed by atoms with van der Waals surface area (Å²) in [6.45, 7) is 4.60. The van der Waals surface area contributed by atoms with E-state index in [1.54, 1.807) is 11.8 Å². The van der Waals surface area contributed by atoms with E-state index in [-0.39, 0.29) is 10.8 Å². The maximum atomic E-state index is 12.9. The Morgan fingerprint density at radius 3 is 2.45 bits per heavy atom. The molecule has 4 rings (SSSR count). The van der Waals surface area contributed by atoms with Crippen molar-refractivity contribution in [2.24, 2.45) is 5.92 Å². The second-order valence-corrected chi connectivity index (χ2v) is 11.7. The highest BCUT2D eigenvalue weighted by Gasteiger charge is 2.29. The molecule has 2 fully saturated rings. The predicted octanol–water partition coefficient (Wildman–Crippen LogP) is 3.55. The molecule has 0 unspecified atom stereocenters. The van der Waals surface area contributed by atoms with Crippen molar-refractivity contribution in [1.82, 2.24) is 14.2 Å². The number of rotatable bonds is 6. The van der Waals surface area contributed by atoms with Gasteiger partial charge < -0.3 is 9.88 Å². The number of nitrogens with one attached hydrogen (secondary N) is 1. The largest absolute Gasteiger partial charge is 0.356 e. The molecule has 0 saturated carbocycles. The predicted molar refractivity (Wildman–Crippen MR) is 125 cm³/mol. The summed E-state index contributed by atoms with van der Waals surface area (Å²) in [5, 5.41) is 0. The fourth-order valence-electron chi connectivity index (χ4n) is 4.30. The van der Waals surface area contributed by atoms with Gasteiger partial charge in [-0.05, 0) is 50.2 Å². The lowest BCUT2D eigenvalue weighted by Crippen LogP contribution is -2.39. The number of H-pyrrole nitrogens is 1. The third kappa shape index (κ3) is 5.35. The summed E-state index contributed by atoms with van der Waals surface area (Å²) in [7, 11) is -3.53. The molecule has 2 aromatic rings. The van der Waals surface area contributed by atoms with Crippen LogP contribution < -0.4 is 0 Å². The molecule has 0 aliphatic carbocycles. The Balaban J connectivity index is 1.30. The maximum absolute atomic E-state index is 12.9. The molecular formula is C23H31N3O3S2. The van der Waals surface area contributed by atoms with Gasteiger partial charge in [-0.15, -0.1) is 0 Å². The average Bonchev–Trinajstić information content (AvgIpc) is 3.30. The molecule has 2 aliphatic rings. The first-order valence-electron chi connectivity index (χ1n) is 11.0. The van der Waals surface area contributed by atoms with Gasteiger partial charge in [0.15, 0.2) is 0 Å². The minimum Gasteiger partial charge on any atom is -0.356 e. The summed E-state index contributed by atoms with van der Waals surface area (Å²) >= 11 is 1.77. The molecule has 8 heteroatoms. The number of aryl methyl sites for hydroxylation is 2. The SMILES string of the molecule is Cc1ccc(CCC2CCN(C(=O)c3cc(S(=O)(=O)N4CCSCC4)c[nH]3)CC2)cc1. The Morgan fingerprint density at radius 1 is 1.10 bits per heavy atom. The lowest BCUT2D eigenvalue weighted by Gasteiger charge is -2.31. The molecule has 0 atom stereocenters. The van der Waals surface area contributed by atoms with Crippen LogP contribution >= 0.6 is 11.8 Å². The number of aromatic amines is 1. The van der Waals surface area contributed by atoms with Crippen LogP contribution in [0.15, 0.2) is 41.4 Å². The van der Waals surface area contributed by atoms with Crippen molar-refractivity contribution in [2.75, 3.05) is 37.7 Å². The number of aromatic nitrogens is 1. The number of piperidine rings is 1. The molecule has 0 radical (unpaired) electrons. The molecule has 1 aromatic heterocycles. The number of amides is 1. The standard InChI is InChI=1S/C23H31N3O3S2/c1-18-2-4-19(5-3-18)6-7-20-8-10-25(11-9-20)23(27)22-16-21(17-24-22)31(28,29)26-12-14-30-15-13-26/h2-5,16-17,20,24H,6-15H2,1H3. The van der Waals surface area contributed by atoms with E-state index in [4.69, 9.17) is 0 Å². The van der Waals surface area contributed by atoms with Crippen LogP contribution in [-0.2, 0) is 16.4 Å². The van der Waals surface area contributed by atoms with Crippen LogP contribution in [0, 0.1) is 12.8 Å². The fraction of sp³-hybridized carbons (Fsp3) is 0.522. The number of carbonyl (C=O) groups is 1. The van der Waals surface area contributed by atoms with Crippen LogP contribution in [0.25, 0.3) is 0 Å². The van der Waals surface area contributed by atoms with Gasteiger partial charge in [-0.3, -0.25) is 4.79 Å². The molecule has 1 aromatic carbocycles. The summed E-state index contributed by atoms with van der Waals surface area (Å²) in [5.41, 5.74) is 3.02. The molecule has 31 heavy (non-hydrogen) atoms. The van der Waals surface area contributed by atoms with Crippen molar-refractivity contribution in [3.63, 3.8) is 0 Å². The van der Waals surface area contributed by atoms with Crippen molar-refractivity contribution in [3.05, 3.63) is 53.3 Å². The number of likely N-dealkylation sites (tertiary alicyclic amines) is 1. The van der Waals surface area contributed by atoms with E-state index < -0.39 is 10.0 Å². The van der Waals surface area contributed by atoms with Crippen molar-refractivity contribution in [2.45, 2.75) is 37.5 Å². The minimum atomic E-state index is -3.53. The van der Waals surface area contributed by atoms with E-state index in [2.05, 4.69) is 36.2 Å². The van der Waals surface area contributed by atoms with E-state index in [1.165, 1.54) is 27.7 Å². The van der Waals surface area contributed by atoms with E-state index in [0.29, 0.717) is 24.7 Å². The van der Waals surface area contributed by atoms with Gasteiger partial charge >= 0.3 is 0 Å². The topological polar surface area (TPSA) is 73.5 Å². The summed E-state index contributed by atoms with van der Waals surface area (Å²) in [4.78, 5) is 17.9. The number of benzene rings is 1. The monoisotopic (exact) mass is 461 g/mol. The molecule has 2 saturated heterocycles. The number of carbonyl (C=O) groups excluding carboxylic acids is 1. The summed E-state index contributed by atoms with van der Waals surface area (Å²) in [5.74, 6) is 2.15. The van der Waals surface area contributed by atoms with Crippen LogP contribution in [0.1, 0.15) is 40.9 Å².